The third-order valence-electron chi connectivity index (χ3n) is 4.15. The Morgan fingerprint density at radius 1 is 1.16 bits per heavy atom. The summed E-state index contributed by atoms with van der Waals surface area (Å²) >= 11 is 1.21. The van der Waals surface area contributed by atoms with Crippen molar-refractivity contribution in [2.75, 3.05) is 18.8 Å². The average Bonchev–Trinajstić information content (AvgIpc) is 3.03. The van der Waals surface area contributed by atoms with E-state index in [1.807, 2.05) is 18.2 Å². The summed E-state index contributed by atoms with van der Waals surface area (Å²) in [5.74, 6) is -1.66. The van der Waals surface area contributed by atoms with E-state index in [4.69, 9.17) is 0 Å². The summed E-state index contributed by atoms with van der Waals surface area (Å²) in [6.45, 7) is 2.67. The number of nitrogens with zero attached hydrogens (tertiary/aromatic N) is 1. The van der Waals surface area contributed by atoms with Crippen LogP contribution in [0.3, 0.4) is 0 Å². The Bertz CT molecular complexity index is 727. The van der Waals surface area contributed by atoms with Crippen molar-refractivity contribution in [2.24, 2.45) is 0 Å². The molecule has 132 valence electrons. The molecule has 0 unspecified atom stereocenters. The molecule has 1 heterocycles. The number of carbonyl (C=O) groups is 1. The monoisotopic (exact) mass is 362 g/mol. The molecule has 1 atom stereocenters. The van der Waals surface area contributed by atoms with Gasteiger partial charge < -0.3 is 5.32 Å². The van der Waals surface area contributed by atoms with E-state index in [1.165, 1.54) is 23.4 Å². The van der Waals surface area contributed by atoms with Gasteiger partial charge in [0.15, 0.2) is 11.6 Å². The minimum absolute atomic E-state index is 0.0821. The zero-order valence-electron chi connectivity index (χ0n) is 13.8. The number of carbonyl (C=O) groups excluding carboxylic acids is 1. The average molecular weight is 362 g/mol. The number of nitrogens with one attached hydrogen (secondary N) is 1. The molecule has 2 aromatic rings. The number of halogens is 2. The van der Waals surface area contributed by atoms with Crippen LogP contribution in [-0.2, 0) is 11.3 Å². The lowest BCUT2D eigenvalue weighted by Gasteiger charge is -2.16. The summed E-state index contributed by atoms with van der Waals surface area (Å²) in [6.07, 6.45) is 0.925. The molecule has 3 rings (SSSR count). The van der Waals surface area contributed by atoms with Crippen LogP contribution in [0.5, 0.6) is 0 Å². The van der Waals surface area contributed by atoms with E-state index in [2.05, 4.69) is 22.3 Å². The molecule has 6 heteroatoms. The second kappa shape index (κ2) is 8.45. The van der Waals surface area contributed by atoms with Gasteiger partial charge in [0.25, 0.3) is 0 Å². The van der Waals surface area contributed by atoms with Crippen LogP contribution >= 0.6 is 11.8 Å². The minimum Gasteiger partial charge on any atom is -0.351 e. The zero-order valence-corrected chi connectivity index (χ0v) is 14.6. The van der Waals surface area contributed by atoms with E-state index < -0.39 is 11.6 Å². The van der Waals surface area contributed by atoms with Gasteiger partial charge in [-0.3, -0.25) is 9.69 Å². The Balaban J connectivity index is 1.42. The van der Waals surface area contributed by atoms with Gasteiger partial charge in [0.1, 0.15) is 0 Å². The predicted octanol–water partition coefficient (Wildman–Crippen LogP) is 3.45. The van der Waals surface area contributed by atoms with E-state index in [-0.39, 0.29) is 17.7 Å². The Hall–Kier alpha value is -1.92. The highest BCUT2D eigenvalue weighted by molar-refractivity contribution is 8.00. The number of hydrogen-bond donors (Lipinski definition) is 1. The maximum Gasteiger partial charge on any atom is 0.230 e. The molecular formula is C19H20F2N2OS. The molecule has 1 N–H and O–H groups in total. The van der Waals surface area contributed by atoms with Crippen molar-refractivity contribution in [3.63, 3.8) is 0 Å². The van der Waals surface area contributed by atoms with E-state index >= 15 is 0 Å². The van der Waals surface area contributed by atoms with Crippen LogP contribution in [0.2, 0.25) is 0 Å². The molecule has 1 saturated heterocycles. The van der Waals surface area contributed by atoms with Crippen molar-refractivity contribution in [1.82, 2.24) is 10.2 Å². The van der Waals surface area contributed by atoms with Crippen LogP contribution in [0.1, 0.15) is 12.0 Å². The lowest BCUT2D eigenvalue weighted by Crippen LogP contribution is -2.37. The summed E-state index contributed by atoms with van der Waals surface area (Å²) in [4.78, 5) is 14.9. The second-order valence-corrected chi connectivity index (χ2v) is 7.19. The molecular weight excluding hydrogens is 342 g/mol. The van der Waals surface area contributed by atoms with Crippen LogP contribution in [0, 0.1) is 11.6 Å². The molecule has 0 saturated carbocycles. The van der Waals surface area contributed by atoms with Crippen molar-refractivity contribution in [3.8, 4) is 0 Å². The summed E-state index contributed by atoms with van der Waals surface area (Å²) in [5.41, 5.74) is 1.27. The first kappa shape index (κ1) is 17.9. The number of rotatable bonds is 6. The van der Waals surface area contributed by atoms with Crippen molar-refractivity contribution < 1.29 is 13.6 Å². The molecule has 1 fully saturated rings. The van der Waals surface area contributed by atoms with Gasteiger partial charge in [-0.05, 0) is 30.2 Å². The van der Waals surface area contributed by atoms with Gasteiger partial charge in [-0.2, -0.15) is 0 Å². The predicted molar refractivity (Wildman–Crippen MR) is 95.3 cm³/mol. The fourth-order valence-corrected chi connectivity index (χ4v) is 3.65. The Kier molecular flexibility index (Phi) is 6.04. The van der Waals surface area contributed by atoms with Gasteiger partial charge in [0.05, 0.1) is 5.75 Å². The Morgan fingerprint density at radius 2 is 1.96 bits per heavy atom. The van der Waals surface area contributed by atoms with Gasteiger partial charge in [-0.15, -0.1) is 11.8 Å². The van der Waals surface area contributed by atoms with Gasteiger partial charge in [0.2, 0.25) is 5.91 Å². The largest absolute Gasteiger partial charge is 0.351 e. The van der Waals surface area contributed by atoms with E-state index in [1.54, 1.807) is 0 Å². The summed E-state index contributed by atoms with van der Waals surface area (Å²) in [6, 6.07) is 14.1. The highest BCUT2D eigenvalue weighted by Crippen LogP contribution is 2.20. The van der Waals surface area contributed by atoms with Crippen LogP contribution in [0.25, 0.3) is 0 Å². The molecule has 25 heavy (non-hydrogen) atoms. The standard InChI is InChI=1S/C19H20F2N2OS/c20-17-7-6-16(10-18(17)21)25-13-19(24)22-15-8-9-23(12-15)11-14-4-2-1-3-5-14/h1-7,10,15H,8-9,11-13H2,(H,22,24)/t15-/m0/s1. The lowest BCUT2D eigenvalue weighted by atomic mass is 10.2. The first-order chi connectivity index (χ1) is 12.1. The molecule has 3 nitrogen and oxygen atoms in total. The van der Waals surface area contributed by atoms with Crippen molar-refractivity contribution >= 4 is 17.7 Å². The quantitative estimate of drug-likeness (QED) is 0.799. The van der Waals surface area contributed by atoms with E-state index in [0.717, 1.165) is 38.2 Å². The maximum absolute atomic E-state index is 13.2. The highest BCUT2D eigenvalue weighted by atomic mass is 32.2. The summed E-state index contributed by atoms with van der Waals surface area (Å²) in [5, 5.41) is 3.02. The SMILES string of the molecule is O=C(CSc1ccc(F)c(F)c1)N[C@H]1CCN(Cc2ccccc2)C1. The molecule has 0 aliphatic carbocycles. The first-order valence-corrected chi connectivity index (χ1v) is 9.22. The number of hydrogen-bond acceptors (Lipinski definition) is 3. The van der Waals surface area contributed by atoms with Gasteiger partial charge in [0, 0.05) is 30.6 Å². The molecule has 0 radical (unpaired) electrons. The van der Waals surface area contributed by atoms with Gasteiger partial charge in [-0.1, -0.05) is 30.3 Å². The topological polar surface area (TPSA) is 32.3 Å². The molecule has 1 amide bonds. The Morgan fingerprint density at radius 3 is 2.72 bits per heavy atom. The second-order valence-electron chi connectivity index (χ2n) is 6.14. The normalized spacial score (nSPS) is 17.6. The third kappa shape index (κ3) is 5.28. The van der Waals surface area contributed by atoms with Crippen molar-refractivity contribution in [1.29, 1.82) is 0 Å². The van der Waals surface area contributed by atoms with Crippen LogP contribution in [0.15, 0.2) is 53.4 Å². The zero-order chi connectivity index (χ0) is 17.6. The summed E-state index contributed by atoms with van der Waals surface area (Å²) in [7, 11) is 0. The third-order valence-corrected chi connectivity index (χ3v) is 5.14. The van der Waals surface area contributed by atoms with E-state index in [0.29, 0.717) is 4.90 Å². The van der Waals surface area contributed by atoms with Crippen molar-refractivity contribution in [3.05, 3.63) is 65.7 Å². The molecule has 0 aromatic heterocycles. The molecule has 0 bridgehead atoms. The van der Waals surface area contributed by atoms with Crippen LogP contribution in [-0.4, -0.2) is 35.7 Å². The molecule has 0 spiro atoms. The Labute approximate surface area is 150 Å². The molecule has 2 aromatic carbocycles. The van der Waals surface area contributed by atoms with Crippen LogP contribution < -0.4 is 5.32 Å². The number of thioether (sulfide) groups is 1. The van der Waals surface area contributed by atoms with Gasteiger partial charge in [-0.25, -0.2) is 8.78 Å². The number of likely N-dealkylation sites (tertiary alicyclic amines) is 1. The van der Waals surface area contributed by atoms with Gasteiger partial charge >= 0.3 is 0 Å². The first-order valence-electron chi connectivity index (χ1n) is 8.23. The highest BCUT2D eigenvalue weighted by Gasteiger charge is 2.23. The fourth-order valence-electron chi connectivity index (χ4n) is 2.92. The molecule has 1 aliphatic rings. The maximum atomic E-state index is 13.2. The van der Waals surface area contributed by atoms with Crippen molar-refractivity contribution in [2.45, 2.75) is 23.9 Å². The summed E-state index contributed by atoms with van der Waals surface area (Å²) < 4.78 is 26.1. The van der Waals surface area contributed by atoms with Crippen LogP contribution in [0.4, 0.5) is 8.78 Å². The fraction of sp³-hybridized carbons (Fsp3) is 0.316. The van der Waals surface area contributed by atoms with E-state index in [9.17, 15) is 13.6 Å². The molecule has 1 aliphatic heterocycles. The number of amides is 1. The number of benzene rings is 2. The minimum atomic E-state index is -0.891. The smallest absolute Gasteiger partial charge is 0.230 e. The lowest BCUT2D eigenvalue weighted by molar-refractivity contribution is -0.119.